The van der Waals surface area contributed by atoms with Crippen LogP contribution in [0.4, 0.5) is 0 Å². The van der Waals surface area contributed by atoms with Gasteiger partial charge in [-0.2, -0.15) is 0 Å². The predicted octanol–water partition coefficient (Wildman–Crippen LogP) is 8.12. The molecule has 0 radical (unpaired) electrons. The van der Waals surface area contributed by atoms with Gasteiger partial charge in [0, 0.05) is 34.6 Å². The van der Waals surface area contributed by atoms with Gasteiger partial charge in [0.05, 0.1) is 0 Å². The molecule has 0 fully saturated rings. The Kier molecular flexibility index (Phi) is 5.54. The maximum Gasteiger partial charge on any atom is 0.244 e. The van der Waals surface area contributed by atoms with E-state index in [-0.39, 0.29) is 12.4 Å². The molecule has 0 aliphatic heterocycles. The zero-order valence-electron chi connectivity index (χ0n) is 19.3. The van der Waals surface area contributed by atoms with E-state index in [2.05, 4.69) is 66.7 Å². The van der Waals surface area contributed by atoms with Gasteiger partial charge in [0.2, 0.25) is 5.88 Å². The average molecular weight is 469 g/mol. The smallest absolute Gasteiger partial charge is 0.244 e. The number of para-hydroxylation sites is 1. The Hall–Kier alpha value is -3.76. The first-order valence-corrected chi connectivity index (χ1v) is 11.2. The van der Waals surface area contributed by atoms with E-state index in [0.717, 1.165) is 39.7 Å². The number of hydrogen-bond acceptors (Lipinski definition) is 3. The predicted molar refractivity (Wildman–Crippen MR) is 141 cm³/mol. The summed E-state index contributed by atoms with van der Waals surface area (Å²) in [6, 6.07) is 24.7. The van der Waals surface area contributed by atoms with Gasteiger partial charge in [0.1, 0.15) is 22.4 Å². The number of rotatable bonds is 4. The lowest BCUT2D eigenvalue weighted by Gasteiger charge is -2.12. The van der Waals surface area contributed by atoms with Crippen LogP contribution >= 0.6 is 12.4 Å². The topological polar surface area (TPSA) is 40.2 Å². The highest BCUT2D eigenvalue weighted by Gasteiger charge is 2.18. The highest BCUT2D eigenvalue weighted by molar-refractivity contribution is 6.05. The highest BCUT2D eigenvalue weighted by Crippen LogP contribution is 2.36. The zero-order chi connectivity index (χ0) is 22.5. The lowest BCUT2D eigenvalue weighted by molar-refractivity contribution is 0.466. The molecule has 0 spiro atoms. The van der Waals surface area contributed by atoms with Crippen molar-refractivity contribution < 1.29 is 9.15 Å². The van der Waals surface area contributed by atoms with E-state index in [1.54, 1.807) is 0 Å². The van der Waals surface area contributed by atoms with Crippen LogP contribution in [0.25, 0.3) is 32.8 Å². The second kappa shape index (κ2) is 8.54. The lowest BCUT2D eigenvalue weighted by atomic mass is 10.1. The van der Waals surface area contributed by atoms with E-state index >= 15 is 0 Å². The molecule has 3 heterocycles. The highest BCUT2D eigenvalue weighted by atomic mass is 35.5. The molecule has 0 bridgehead atoms. The van der Waals surface area contributed by atoms with E-state index in [1.807, 2.05) is 42.6 Å². The SMILES string of the molecule is Cc1cccc(Cn2c(C)c(C)c3ccnc(Oc4ccc5oc6ccccc6c5c4)c32)c1.Cl. The molecule has 0 amide bonds. The fourth-order valence-corrected chi connectivity index (χ4v) is 4.71. The van der Waals surface area contributed by atoms with Crippen LogP contribution in [0.1, 0.15) is 22.4 Å². The van der Waals surface area contributed by atoms with Crippen molar-refractivity contribution in [2.75, 3.05) is 0 Å². The summed E-state index contributed by atoms with van der Waals surface area (Å²) in [6.45, 7) is 7.23. The minimum atomic E-state index is 0. The number of furan rings is 1. The first-order valence-electron chi connectivity index (χ1n) is 11.2. The quantitative estimate of drug-likeness (QED) is 0.262. The third-order valence-corrected chi connectivity index (χ3v) is 6.50. The minimum absolute atomic E-state index is 0. The number of aromatic nitrogens is 2. The van der Waals surface area contributed by atoms with Crippen LogP contribution in [0.15, 0.2) is 83.4 Å². The molecule has 0 saturated carbocycles. The van der Waals surface area contributed by atoms with Crippen molar-refractivity contribution in [2.45, 2.75) is 27.3 Å². The molecule has 3 aromatic carbocycles. The van der Waals surface area contributed by atoms with Crippen molar-refractivity contribution in [1.29, 1.82) is 0 Å². The van der Waals surface area contributed by atoms with Crippen molar-refractivity contribution >= 4 is 45.2 Å². The summed E-state index contributed by atoms with van der Waals surface area (Å²) in [6.07, 6.45) is 1.83. The standard InChI is InChI=1S/C29H24N2O2.ClH/c1-18-7-6-8-21(15-18)17-31-20(3)19(2)23-13-14-30-29(28(23)31)32-22-11-12-27-25(16-22)24-9-4-5-10-26(24)33-27;/h4-16H,17H2,1-3H3;1H. The Balaban J connectivity index is 0.00000241. The van der Waals surface area contributed by atoms with E-state index in [1.165, 1.54) is 27.8 Å². The monoisotopic (exact) mass is 468 g/mol. The molecule has 3 aromatic heterocycles. The first-order chi connectivity index (χ1) is 16.1. The fourth-order valence-electron chi connectivity index (χ4n) is 4.71. The number of nitrogens with zero attached hydrogens (tertiary/aromatic N) is 2. The fraction of sp³-hybridized carbons (Fsp3) is 0.138. The Morgan fingerprint density at radius 1 is 0.824 bits per heavy atom. The molecule has 5 heteroatoms. The van der Waals surface area contributed by atoms with Crippen LogP contribution in [0.3, 0.4) is 0 Å². The largest absolute Gasteiger partial charge is 0.456 e. The number of hydrogen-bond donors (Lipinski definition) is 0. The van der Waals surface area contributed by atoms with Crippen LogP contribution in [0.2, 0.25) is 0 Å². The number of aryl methyl sites for hydroxylation is 2. The summed E-state index contributed by atoms with van der Waals surface area (Å²) in [5, 5.41) is 3.29. The Morgan fingerprint density at radius 2 is 1.65 bits per heavy atom. The third kappa shape index (κ3) is 3.61. The molecule has 0 atom stereocenters. The van der Waals surface area contributed by atoms with Crippen molar-refractivity contribution in [3.05, 3.63) is 101 Å². The molecule has 0 unspecified atom stereocenters. The van der Waals surface area contributed by atoms with Crippen LogP contribution in [0, 0.1) is 20.8 Å². The normalized spacial score (nSPS) is 11.3. The van der Waals surface area contributed by atoms with Gasteiger partial charge in [-0.25, -0.2) is 4.98 Å². The van der Waals surface area contributed by atoms with E-state index in [4.69, 9.17) is 9.15 Å². The summed E-state index contributed by atoms with van der Waals surface area (Å²) >= 11 is 0. The van der Waals surface area contributed by atoms with Gasteiger partial charge in [0.15, 0.2) is 0 Å². The molecule has 6 aromatic rings. The van der Waals surface area contributed by atoms with Gasteiger partial charge in [0.25, 0.3) is 0 Å². The maximum absolute atomic E-state index is 6.41. The van der Waals surface area contributed by atoms with E-state index in [9.17, 15) is 0 Å². The molecule has 0 aliphatic rings. The molecular weight excluding hydrogens is 444 g/mol. The molecule has 0 saturated heterocycles. The van der Waals surface area contributed by atoms with Crippen molar-refractivity contribution in [2.24, 2.45) is 0 Å². The lowest BCUT2D eigenvalue weighted by Crippen LogP contribution is -2.03. The molecular formula is C29H25ClN2O2. The average Bonchev–Trinajstić information content (AvgIpc) is 3.30. The van der Waals surface area contributed by atoms with Gasteiger partial charge < -0.3 is 13.7 Å². The third-order valence-electron chi connectivity index (χ3n) is 6.50. The second-order valence-electron chi connectivity index (χ2n) is 8.66. The zero-order valence-corrected chi connectivity index (χ0v) is 20.1. The molecule has 6 rings (SSSR count). The number of pyridine rings is 1. The Bertz CT molecular complexity index is 1660. The second-order valence-corrected chi connectivity index (χ2v) is 8.66. The maximum atomic E-state index is 6.41. The number of halogens is 1. The number of benzene rings is 3. The van der Waals surface area contributed by atoms with Crippen LogP contribution in [-0.2, 0) is 6.54 Å². The van der Waals surface area contributed by atoms with Gasteiger partial charge in [-0.3, -0.25) is 0 Å². The summed E-state index contributed by atoms with van der Waals surface area (Å²) in [5.74, 6) is 1.36. The molecule has 4 nitrogen and oxygen atoms in total. The molecule has 34 heavy (non-hydrogen) atoms. The van der Waals surface area contributed by atoms with Crippen molar-refractivity contribution in [1.82, 2.24) is 9.55 Å². The van der Waals surface area contributed by atoms with Crippen LogP contribution in [-0.4, -0.2) is 9.55 Å². The first kappa shape index (κ1) is 22.1. The summed E-state index contributed by atoms with van der Waals surface area (Å²) in [4.78, 5) is 4.64. The van der Waals surface area contributed by atoms with Gasteiger partial charge in [-0.05, 0) is 62.2 Å². The van der Waals surface area contributed by atoms with E-state index in [0.29, 0.717) is 5.88 Å². The molecule has 0 N–H and O–H groups in total. The van der Waals surface area contributed by atoms with Crippen molar-refractivity contribution in [3.63, 3.8) is 0 Å². The van der Waals surface area contributed by atoms with Gasteiger partial charge in [-0.1, -0.05) is 48.0 Å². The van der Waals surface area contributed by atoms with E-state index < -0.39 is 0 Å². The van der Waals surface area contributed by atoms with Crippen LogP contribution < -0.4 is 4.74 Å². The van der Waals surface area contributed by atoms with Crippen molar-refractivity contribution in [3.8, 4) is 11.6 Å². The molecule has 0 aliphatic carbocycles. The summed E-state index contributed by atoms with van der Waals surface area (Å²) in [5.41, 5.74) is 7.74. The Morgan fingerprint density at radius 3 is 2.50 bits per heavy atom. The van der Waals surface area contributed by atoms with Gasteiger partial charge in [-0.15, -0.1) is 12.4 Å². The Labute approximate surface area is 204 Å². The minimum Gasteiger partial charge on any atom is -0.456 e. The van der Waals surface area contributed by atoms with Gasteiger partial charge >= 0.3 is 0 Å². The summed E-state index contributed by atoms with van der Waals surface area (Å²) < 4.78 is 14.7. The number of fused-ring (bicyclic) bond motifs is 4. The van der Waals surface area contributed by atoms with Crippen LogP contribution in [0.5, 0.6) is 11.6 Å². The summed E-state index contributed by atoms with van der Waals surface area (Å²) in [7, 11) is 0. The molecule has 170 valence electrons. The number of ether oxygens (including phenoxy) is 1.